The number of ether oxygens (including phenoxy) is 1. The van der Waals surface area contributed by atoms with E-state index in [4.69, 9.17) is 15.6 Å². The molecule has 0 spiro atoms. The Balaban J connectivity index is 0.718. The summed E-state index contributed by atoms with van der Waals surface area (Å²) in [5, 5.41) is 8.17. The number of likely N-dealkylation sites (tertiary alicyclic amines) is 2. The number of hydrogen-bond acceptors (Lipinski definition) is 12. The molecule has 5 aliphatic heterocycles. The fourth-order valence-electron chi connectivity index (χ4n) is 9.93. The SMILES string of the molecule is Nc1ncnc2c1c(-c1ccc(Oc3ccccc3)cc1)nn2C1CCN(C[C@@H]2CCN(C[C@H]3CCN(c4ccc5c(c4)C(=O)N(C4CCC(=O)NC4=O)C5=O)C3)C2)CC1. The van der Waals surface area contributed by atoms with Crippen molar-refractivity contribution in [2.75, 3.05) is 63.0 Å². The van der Waals surface area contributed by atoms with Crippen molar-refractivity contribution in [2.24, 2.45) is 11.8 Å². The Morgan fingerprint density at radius 3 is 2.25 bits per heavy atom. The minimum Gasteiger partial charge on any atom is -0.457 e. The lowest BCUT2D eigenvalue weighted by Gasteiger charge is -2.33. The third-order valence-corrected chi connectivity index (χ3v) is 13.0. The monoisotopic (exact) mass is 808 g/mol. The zero-order valence-electron chi connectivity index (χ0n) is 33.4. The van der Waals surface area contributed by atoms with Crippen molar-refractivity contribution in [1.29, 1.82) is 0 Å². The number of nitrogens with zero attached hydrogens (tertiary/aromatic N) is 8. The van der Waals surface area contributed by atoms with Gasteiger partial charge in [-0.15, -0.1) is 0 Å². The van der Waals surface area contributed by atoms with Crippen LogP contribution >= 0.6 is 0 Å². The smallest absolute Gasteiger partial charge is 0.262 e. The summed E-state index contributed by atoms with van der Waals surface area (Å²) in [5.74, 6) is 1.18. The van der Waals surface area contributed by atoms with E-state index in [1.807, 2.05) is 60.7 Å². The number of para-hydroxylation sites is 1. The quantitative estimate of drug-likeness (QED) is 0.186. The van der Waals surface area contributed by atoms with Gasteiger partial charge in [-0.3, -0.25) is 29.4 Å². The van der Waals surface area contributed by atoms with Crippen LogP contribution in [0.5, 0.6) is 11.5 Å². The molecule has 3 aromatic carbocycles. The summed E-state index contributed by atoms with van der Waals surface area (Å²) in [5.41, 5.74) is 10.5. The molecule has 308 valence electrons. The molecule has 0 radical (unpaired) electrons. The Morgan fingerprint density at radius 1 is 0.733 bits per heavy atom. The van der Waals surface area contributed by atoms with Crippen LogP contribution in [0.25, 0.3) is 22.3 Å². The Morgan fingerprint density at radius 2 is 1.45 bits per heavy atom. The average molecular weight is 809 g/mol. The highest BCUT2D eigenvalue weighted by molar-refractivity contribution is 6.23. The molecule has 4 saturated heterocycles. The molecule has 5 aliphatic rings. The van der Waals surface area contributed by atoms with E-state index in [0.717, 1.165) is 116 Å². The second-order valence-electron chi connectivity index (χ2n) is 16.9. The lowest BCUT2D eigenvalue weighted by Crippen LogP contribution is -2.54. The number of carbonyl (C=O) groups is 4. The van der Waals surface area contributed by atoms with E-state index in [1.165, 1.54) is 12.7 Å². The summed E-state index contributed by atoms with van der Waals surface area (Å²) in [6.07, 6.45) is 6.00. The molecule has 0 aliphatic carbocycles. The van der Waals surface area contributed by atoms with E-state index in [9.17, 15) is 19.2 Å². The molecule has 1 unspecified atom stereocenters. The van der Waals surface area contributed by atoms with Crippen LogP contribution < -0.4 is 20.7 Å². The number of aromatic nitrogens is 4. The number of carbonyl (C=O) groups excluding carboxylic acids is 4. The number of amides is 4. The number of rotatable bonds is 10. The number of nitrogens with two attached hydrogens (primary N) is 1. The number of imide groups is 2. The minimum absolute atomic E-state index is 0.101. The van der Waals surface area contributed by atoms with Crippen LogP contribution in [0.4, 0.5) is 11.5 Å². The number of hydrogen-bond donors (Lipinski definition) is 2. The molecule has 7 heterocycles. The van der Waals surface area contributed by atoms with Crippen molar-refractivity contribution in [3.8, 4) is 22.8 Å². The molecule has 3 N–H and O–H groups in total. The topological polar surface area (TPSA) is 172 Å². The van der Waals surface area contributed by atoms with Gasteiger partial charge in [0.2, 0.25) is 11.8 Å². The first kappa shape index (κ1) is 38.0. The maximum atomic E-state index is 13.4. The molecule has 60 heavy (non-hydrogen) atoms. The zero-order chi connectivity index (χ0) is 40.9. The number of nitrogen functional groups attached to an aromatic ring is 1. The Bertz CT molecular complexity index is 2470. The van der Waals surface area contributed by atoms with E-state index < -0.39 is 23.8 Å². The van der Waals surface area contributed by atoms with Crippen LogP contribution in [0, 0.1) is 11.8 Å². The first-order chi connectivity index (χ1) is 29.3. The van der Waals surface area contributed by atoms with Gasteiger partial charge in [0, 0.05) is 63.5 Å². The fourth-order valence-corrected chi connectivity index (χ4v) is 9.93. The van der Waals surface area contributed by atoms with Crippen molar-refractivity contribution >= 4 is 46.2 Å². The largest absolute Gasteiger partial charge is 0.457 e. The number of nitrogens with one attached hydrogen (secondary N) is 1. The summed E-state index contributed by atoms with van der Waals surface area (Å²) in [7, 11) is 0. The molecular formula is C45H48N10O5. The van der Waals surface area contributed by atoms with Crippen LogP contribution in [0.3, 0.4) is 0 Å². The second kappa shape index (κ2) is 15.8. The third-order valence-electron chi connectivity index (χ3n) is 13.0. The van der Waals surface area contributed by atoms with Crippen molar-refractivity contribution in [3.63, 3.8) is 0 Å². The van der Waals surface area contributed by atoms with Crippen molar-refractivity contribution in [2.45, 2.75) is 50.6 Å². The molecule has 2 aromatic heterocycles. The van der Waals surface area contributed by atoms with Gasteiger partial charge in [0.25, 0.3) is 11.8 Å². The van der Waals surface area contributed by atoms with Crippen molar-refractivity contribution in [1.82, 2.24) is 39.8 Å². The van der Waals surface area contributed by atoms with Crippen LogP contribution in [0.15, 0.2) is 79.1 Å². The van der Waals surface area contributed by atoms with Gasteiger partial charge in [-0.05, 0) is 105 Å². The Kier molecular flexibility index (Phi) is 10.00. The summed E-state index contributed by atoms with van der Waals surface area (Å²) >= 11 is 0. The molecule has 4 amide bonds. The van der Waals surface area contributed by atoms with Crippen LogP contribution in [0.1, 0.15) is 65.3 Å². The first-order valence-electron chi connectivity index (χ1n) is 21.1. The van der Waals surface area contributed by atoms with Gasteiger partial charge in [0.05, 0.1) is 22.6 Å². The molecular weight excluding hydrogens is 761 g/mol. The standard InChI is InChI=1S/C45H48N10O5/c46-41-39-40(30-6-9-34(10-7-30)60-33-4-2-1-3-5-33)50-55(42(39)48-27-47-41)31-16-19-51(20-17-31)23-28-14-18-52(24-28)25-29-15-21-53(26-29)32-8-11-35-36(22-32)45(59)54(44(35)58)37-12-13-38(56)49-43(37)57/h1-11,22,27-29,31,37H,12-21,23-26H2,(H2,46,47,48)(H,49,56,57)/t28-,29+,37?/m0/s1. The normalized spacial score (nSPS) is 22.9. The van der Waals surface area contributed by atoms with E-state index >= 15 is 0 Å². The van der Waals surface area contributed by atoms with Gasteiger partial charge in [-0.1, -0.05) is 18.2 Å². The van der Waals surface area contributed by atoms with Crippen LogP contribution in [-0.4, -0.2) is 116 Å². The molecule has 0 bridgehead atoms. The minimum atomic E-state index is -0.963. The predicted molar refractivity (Wildman–Crippen MR) is 224 cm³/mol. The number of benzene rings is 3. The van der Waals surface area contributed by atoms with Gasteiger partial charge < -0.3 is 25.2 Å². The molecule has 4 fully saturated rings. The predicted octanol–water partition coefficient (Wildman–Crippen LogP) is 4.75. The zero-order valence-corrected chi connectivity index (χ0v) is 33.4. The van der Waals surface area contributed by atoms with Gasteiger partial charge in [0.1, 0.15) is 35.4 Å². The average Bonchev–Trinajstić information content (AvgIpc) is 4.06. The van der Waals surface area contributed by atoms with Crippen molar-refractivity contribution in [3.05, 3.63) is 90.3 Å². The van der Waals surface area contributed by atoms with E-state index in [1.54, 1.807) is 12.1 Å². The van der Waals surface area contributed by atoms with E-state index in [2.05, 4.69) is 34.7 Å². The highest BCUT2D eigenvalue weighted by Crippen LogP contribution is 2.37. The summed E-state index contributed by atoms with van der Waals surface area (Å²) in [6.45, 7) is 8.12. The second-order valence-corrected chi connectivity index (χ2v) is 16.9. The van der Waals surface area contributed by atoms with Crippen LogP contribution in [-0.2, 0) is 9.59 Å². The number of anilines is 2. The van der Waals surface area contributed by atoms with Gasteiger partial charge >= 0.3 is 0 Å². The Labute approximate surface area is 347 Å². The first-order valence-corrected chi connectivity index (χ1v) is 21.1. The van der Waals surface area contributed by atoms with Gasteiger partial charge in [-0.2, -0.15) is 5.10 Å². The lowest BCUT2D eigenvalue weighted by atomic mass is 10.0. The Hall–Kier alpha value is -6.19. The third kappa shape index (κ3) is 7.25. The molecule has 15 heteroatoms. The van der Waals surface area contributed by atoms with Crippen LogP contribution in [0.2, 0.25) is 0 Å². The molecule has 0 saturated carbocycles. The molecule has 10 rings (SSSR count). The lowest BCUT2D eigenvalue weighted by molar-refractivity contribution is -0.136. The van der Waals surface area contributed by atoms with E-state index in [-0.39, 0.29) is 24.8 Å². The maximum Gasteiger partial charge on any atom is 0.262 e. The number of fused-ring (bicyclic) bond motifs is 2. The van der Waals surface area contributed by atoms with Crippen molar-refractivity contribution < 1.29 is 23.9 Å². The number of piperidine rings is 2. The highest BCUT2D eigenvalue weighted by atomic mass is 16.5. The summed E-state index contributed by atoms with van der Waals surface area (Å²) < 4.78 is 8.09. The summed E-state index contributed by atoms with van der Waals surface area (Å²) in [4.78, 5) is 68.3. The maximum absolute atomic E-state index is 13.4. The van der Waals surface area contributed by atoms with Gasteiger partial charge in [-0.25, -0.2) is 14.6 Å². The van der Waals surface area contributed by atoms with E-state index in [0.29, 0.717) is 28.8 Å². The molecule has 3 atom stereocenters. The van der Waals surface area contributed by atoms with Gasteiger partial charge in [0.15, 0.2) is 5.65 Å². The summed E-state index contributed by atoms with van der Waals surface area (Å²) in [6, 6.07) is 22.3. The molecule has 15 nitrogen and oxygen atoms in total. The fraction of sp³-hybridized carbons (Fsp3) is 0.400. The highest BCUT2D eigenvalue weighted by Gasteiger charge is 2.45. The molecule has 5 aromatic rings.